The molecular formula is C15H14ClN3O2. The van der Waals surface area contributed by atoms with Crippen LogP contribution in [0.5, 0.6) is 0 Å². The molecule has 1 N–H and O–H groups in total. The van der Waals surface area contributed by atoms with E-state index in [1.165, 1.54) is 0 Å². The van der Waals surface area contributed by atoms with Crippen molar-refractivity contribution < 1.29 is 9.90 Å². The summed E-state index contributed by atoms with van der Waals surface area (Å²) in [6.07, 6.45) is 3.40. The quantitative estimate of drug-likeness (QED) is 0.923. The number of carboxylic acids is 1. The molecule has 3 rings (SSSR count). The molecule has 2 aromatic heterocycles. The monoisotopic (exact) mass is 303 g/mol. The number of halogens is 1. The number of carboxylic acid groups (broad SMARTS) is 1. The Morgan fingerprint density at radius 2 is 2.24 bits per heavy atom. The smallest absolute Gasteiger partial charge is 0.306 e. The fourth-order valence-corrected chi connectivity index (χ4v) is 2.86. The van der Waals surface area contributed by atoms with Crippen LogP contribution in [0.1, 0.15) is 23.4 Å². The van der Waals surface area contributed by atoms with E-state index < -0.39 is 5.97 Å². The van der Waals surface area contributed by atoms with E-state index in [0.717, 1.165) is 17.0 Å². The van der Waals surface area contributed by atoms with E-state index in [-0.39, 0.29) is 5.92 Å². The van der Waals surface area contributed by atoms with Gasteiger partial charge in [0.15, 0.2) is 5.82 Å². The number of fused-ring (bicyclic) bond motifs is 1. The van der Waals surface area contributed by atoms with Crippen molar-refractivity contribution in [3.05, 3.63) is 40.3 Å². The topological polar surface area (TPSA) is 76.0 Å². The normalized spacial score (nSPS) is 17.3. The van der Waals surface area contributed by atoms with Gasteiger partial charge in [0.05, 0.1) is 10.9 Å². The second-order valence-electron chi connectivity index (χ2n) is 5.17. The average Bonchev–Trinajstić information content (AvgIpc) is 2.47. The summed E-state index contributed by atoms with van der Waals surface area (Å²) in [5, 5.41) is 9.67. The molecule has 0 fully saturated rings. The number of hydrogen-bond donors (Lipinski definition) is 1. The lowest BCUT2D eigenvalue weighted by Crippen LogP contribution is -2.24. The molecule has 0 bridgehead atoms. The molecule has 6 heteroatoms. The van der Waals surface area contributed by atoms with Crippen molar-refractivity contribution in [3.63, 3.8) is 0 Å². The van der Waals surface area contributed by atoms with Gasteiger partial charge < -0.3 is 5.11 Å². The molecule has 2 aromatic rings. The maximum absolute atomic E-state index is 11.1. The van der Waals surface area contributed by atoms with Gasteiger partial charge in [0.1, 0.15) is 5.69 Å². The Bertz CT molecular complexity index is 718. The predicted octanol–water partition coefficient (Wildman–Crippen LogP) is 2.69. The summed E-state index contributed by atoms with van der Waals surface area (Å²) in [6.45, 7) is 1.88. The van der Waals surface area contributed by atoms with Crippen LogP contribution in [0.4, 0.5) is 0 Å². The van der Waals surface area contributed by atoms with E-state index >= 15 is 0 Å². The van der Waals surface area contributed by atoms with Crippen molar-refractivity contribution >= 4 is 17.6 Å². The largest absolute Gasteiger partial charge is 0.481 e. The summed E-state index contributed by atoms with van der Waals surface area (Å²) in [6, 6.07) is 3.51. The summed E-state index contributed by atoms with van der Waals surface area (Å²) >= 11 is 6.14. The lowest BCUT2D eigenvalue weighted by Gasteiger charge is -2.22. The molecule has 0 saturated heterocycles. The zero-order chi connectivity index (χ0) is 15.0. The van der Waals surface area contributed by atoms with Crippen molar-refractivity contribution in [1.29, 1.82) is 0 Å². The number of aromatic nitrogens is 3. The second kappa shape index (κ2) is 5.41. The summed E-state index contributed by atoms with van der Waals surface area (Å²) in [7, 11) is 0. The van der Waals surface area contributed by atoms with Gasteiger partial charge in [-0.3, -0.25) is 9.78 Å². The lowest BCUT2D eigenvalue weighted by atomic mass is 9.86. The lowest BCUT2D eigenvalue weighted by molar-refractivity contribution is -0.142. The first-order chi connectivity index (χ1) is 10.1. The van der Waals surface area contributed by atoms with Gasteiger partial charge in [0.25, 0.3) is 0 Å². The van der Waals surface area contributed by atoms with Crippen molar-refractivity contribution in [2.75, 3.05) is 0 Å². The van der Waals surface area contributed by atoms with Crippen molar-refractivity contribution in [1.82, 2.24) is 15.0 Å². The Balaban J connectivity index is 2.04. The van der Waals surface area contributed by atoms with E-state index in [4.69, 9.17) is 16.7 Å². The highest BCUT2D eigenvalue weighted by Crippen LogP contribution is 2.29. The van der Waals surface area contributed by atoms with E-state index in [1.54, 1.807) is 18.3 Å². The SMILES string of the molecule is Cc1nc(-c2ncccc2Cl)nc2c1CC(C(=O)O)CC2. The minimum absolute atomic E-state index is 0.343. The molecule has 0 aromatic carbocycles. The molecular weight excluding hydrogens is 290 g/mol. The van der Waals surface area contributed by atoms with E-state index in [0.29, 0.717) is 35.8 Å². The standard InChI is InChI=1S/C15H14ClN3O2/c1-8-10-7-9(15(20)21)4-5-12(10)19-14(18-8)13-11(16)3-2-6-17-13/h2-3,6,9H,4-5,7H2,1H3,(H,20,21). The Morgan fingerprint density at radius 1 is 1.43 bits per heavy atom. The molecule has 2 heterocycles. The first kappa shape index (κ1) is 13.9. The molecule has 21 heavy (non-hydrogen) atoms. The van der Waals surface area contributed by atoms with Crippen LogP contribution in [0.3, 0.4) is 0 Å². The highest BCUT2D eigenvalue weighted by atomic mass is 35.5. The van der Waals surface area contributed by atoms with Gasteiger partial charge in [-0.2, -0.15) is 0 Å². The summed E-state index contributed by atoms with van der Waals surface area (Å²) < 4.78 is 0. The van der Waals surface area contributed by atoms with Gasteiger partial charge in [0.2, 0.25) is 0 Å². The van der Waals surface area contributed by atoms with Crippen LogP contribution in [-0.2, 0) is 17.6 Å². The first-order valence-electron chi connectivity index (χ1n) is 6.76. The minimum atomic E-state index is -0.753. The van der Waals surface area contributed by atoms with Gasteiger partial charge in [-0.1, -0.05) is 11.6 Å². The number of hydrogen-bond acceptors (Lipinski definition) is 4. The van der Waals surface area contributed by atoms with Crippen LogP contribution in [0.2, 0.25) is 5.02 Å². The fraction of sp³-hybridized carbons (Fsp3) is 0.333. The van der Waals surface area contributed by atoms with Crippen molar-refractivity contribution in [2.45, 2.75) is 26.2 Å². The molecule has 0 spiro atoms. The third-order valence-electron chi connectivity index (χ3n) is 3.80. The van der Waals surface area contributed by atoms with Crippen LogP contribution in [0.15, 0.2) is 18.3 Å². The molecule has 1 atom stereocenters. The Kier molecular flexibility index (Phi) is 3.59. The number of carbonyl (C=O) groups is 1. The number of nitrogens with zero attached hydrogens (tertiary/aromatic N) is 3. The average molecular weight is 304 g/mol. The molecule has 0 amide bonds. The summed E-state index contributed by atoms with van der Waals surface area (Å²) in [5.41, 5.74) is 3.23. The summed E-state index contributed by atoms with van der Waals surface area (Å²) in [5.74, 6) is -0.591. The zero-order valence-electron chi connectivity index (χ0n) is 11.5. The van der Waals surface area contributed by atoms with Crippen LogP contribution in [0, 0.1) is 12.8 Å². The predicted molar refractivity (Wildman–Crippen MR) is 78.2 cm³/mol. The Labute approximate surface area is 127 Å². The molecule has 1 aliphatic rings. The van der Waals surface area contributed by atoms with Gasteiger partial charge in [-0.25, -0.2) is 9.97 Å². The number of aryl methyl sites for hydroxylation is 2. The Morgan fingerprint density at radius 3 is 2.95 bits per heavy atom. The molecule has 0 aliphatic heterocycles. The number of pyridine rings is 1. The maximum Gasteiger partial charge on any atom is 0.306 e. The van der Waals surface area contributed by atoms with E-state index in [2.05, 4.69) is 15.0 Å². The maximum atomic E-state index is 11.1. The molecule has 1 unspecified atom stereocenters. The van der Waals surface area contributed by atoms with Crippen LogP contribution in [-0.4, -0.2) is 26.0 Å². The second-order valence-corrected chi connectivity index (χ2v) is 5.58. The zero-order valence-corrected chi connectivity index (χ0v) is 12.3. The Hall–Kier alpha value is -2.01. The van der Waals surface area contributed by atoms with Crippen LogP contribution < -0.4 is 0 Å². The highest BCUT2D eigenvalue weighted by Gasteiger charge is 2.27. The molecule has 1 aliphatic carbocycles. The van der Waals surface area contributed by atoms with Crippen LogP contribution in [0.25, 0.3) is 11.5 Å². The third kappa shape index (κ3) is 2.61. The van der Waals surface area contributed by atoms with E-state index in [9.17, 15) is 4.79 Å². The molecule has 5 nitrogen and oxygen atoms in total. The van der Waals surface area contributed by atoms with Gasteiger partial charge in [-0.15, -0.1) is 0 Å². The highest BCUT2D eigenvalue weighted by molar-refractivity contribution is 6.32. The van der Waals surface area contributed by atoms with Crippen molar-refractivity contribution in [3.8, 4) is 11.5 Å². The number of aliphatic carboxylic acids is 1. The van der Waals surface area contributed by atoms with E-state index in [1.807, 2.05) is 6.92 Å². The van der Waals surface area contributed by atoms with Gasteiger partial charge in [-0.05, 0) is 43.9 Å². The van der Waals surface area contributed by atoms with Gasteiger partial charge >= 0.3 is 5.97 Å². The summed E-state index contributed by atoms with van der Waals surface area (Å²) in [4.78, 5) is 24.4. The molecule has 0 radical (unpaired) electrons. The minimum Gasteiger partial charge on any atom is -0.481 e. The molecule has 0 saturated carbocycles. The fourth-order valence-electron chi connectivity index (χ4n) is 2.65. The van der Waals surface area contributed by atoms with Crippen LogP contribution >= 0.6 is 11.6 Å². The number of rotatable bonds is 2. The first-order valence-corrected chi connectivity index (χ1v) is 7.14. The van der Waals surface area contributed by atoms with Gasteiger partial charge in [0, 0.05) is 17.6 Å². The third-order valence-corrected chi connectivity index (χ3v) is 4.10. The molecule has 108 valence electrons. The van der Waals surface area contributed by atoms with Crippen molar-refractivity contribution in [2.24, 2.45) is 5.92 Å².